The Morgan fingerprint density at radius 2 is 1.90 bits per heavy atom. The Hall–Kier alpha value is -1.54. The molecule has 4 nitrogen and oxygen atoms in total. The largest absolute Gasteiger partial charge is 0.489 e. The molecule has 0 amide bonds. The molecule has 0 radical (unpaired) electrons. The molecule has 1 fully saturated rings. The summed E-state index contributed by atoms with van der Waals surface area (Å²) in [5.74, 6) is 1.09. The number of hydrogen-bond donors (Lipinski definition) is 0. The van der Waals surface area contributed by atoms with E-state index in [0.717, 1.165) is 19.3 Å². The molecule has 0 heterocycles. The molecular formula is C15H19NO3S. The van der Waals surface area contributed by atoms with Crippen molar-refractivity contribution in [2.45, 2.75) is 37.2 Å². The first-order valence-corrected chi connectivity index (χ1v) is 8.65. The molecule has 0 aromatic heterocycles. The second kappa shape index (κ2) is 5.84. The van der Waals surface area contributed by atoms with Crippen LogP contribution in [-0.2, 0) is 9.84 Å². The second-order valence-electron chi connectivity index (χ2n) is 5.55. The fraction of sp³-hybridized carbons (Fsp3) is 0.533. The standard InChI is InChI=1S/C15H19NO3S/c1-11-3-4-12(10-16)15(9-11)19-13-5-7-14(8-6-13)20(2,17)18/h5-8,11-12,15H,3-4,9H2,1-2H3. The molecule has 0 aliphatic heterocycles. The minimum atomic E-state index is -3.18. The fourth-order valence-electron chi connectivity index (χ4n) is 2.55. The summed E-state index contributed by atoms with van der Waals surface area (Å²) in [4.78, 5) is 0.277. The van der Waals surface area contributed by atoms with Crippen molar-refractivity contribution in [2.75, 3.05) is 6.26 Å². The van der Waals surface area contributed by atoms with E-state index in [1.54, 1.807) is 12.1 Å². The van der Waals surface area contributed by atoms with Gasteiger partial charge in [0.2, 0.25) is 0 Å². The highest BCUT2D eigenvalue weighted by Gasteiger charge is 2.30. The third-order valence-electron chi connectivity index (χ3n) is 3.76. The van der Waals surface area contributed by atoms with Crippen LogP contribution in [0.1, 0.15) is 26.2 Å². The van der Waals surface area contributed by atoms with Crippen molar-refractivity contribution in [1.82, 2.24) is 0 Å². The lowest BCUT2D eigenvalue weighted by molar-refractivity contribution is 0.0956. The highest BCUT2D eigenvalue weighted by atomic mass is 32.2. The minimum absolute atomic E-state index is 0.0826. The van der Waals surface area contributed by atoms with Crippen molar-refractivity contribution in [3.05, 3.63) is 24.3 Å². The molecule has 20 heavy (non-hydrogen) atoms. The number of sulfone groups is 1. The van der Waals surface area contributed by atoms with E-state index in [2.05, 4.69) is 13.0 Å². The van der Waals surface area contributed by atoms with Gasteiger partial charge in [0.25, 0.3) is 0 Å². The van der Waals surface area contributed by atoms with Crippen molar-refractivity contribution < 1.29 is 13.2 Å². The van der Waals surface area contributed by atoms with Crippen LogP contribution in [0.5, 0.6) is 5.75 Å². The highest BCUT2D eigenvalue weighted by Crippen LogP contribution is 2.31. The SMILES string of the molecule is CC1CCC(C#N)C(Oc2ccc(S(C)(=O)=O)cc2)C1. The first-order valence-electron chi connectivity index (χ1n) is 6.76. The van der Waals surface area contributed by atoms with Crippen molar-refractivity contribution in [3.8, 4) is 11.8 Å². The van der Waals surface area contributed by atoms with Gasteiger partial charge >= 0.3 is 0 Å². The van der Waals surface area contributed by atoms with E-state index in [1.165, 1.54) is 18.4 Å². The van der Waals surface area contributed by atoms with Crippen molar-refractivity contribution in [1.29, 1.82) is 5.26 Å². The average Bonchev–Trinajstić information content (AvgIpc) is 2.38. The molecule has 0 N–H and O–H groups in total. The number of nitrogens with zero attached hydrogens (tertiary/aromatic N) is 1. The molecule has 1 saturated carbocycles. The zero-order chi connectivity index (χ0) is 14.8. The fourth-order valence-corrected chi connectivity index (χ4v) is 3.18. The summed E-state index contributed by atoms with van der Waals surface area (Å²) in [5, 5.41) is 9.17. The van der Waals surface area contributed by atoms with Crippen LogP contribution >= 0.6 is 0 Å². The topological polar surface area (TPSA) is 67.2 Å². The van der Waals surface area contributed by atoms with Gasteiger partial charge in [-0.15, -0.1) is 0 Å². The summed E-state index contributed by atoms with van der Waals surface area (Å²) < 4.78 is 28.7. The molecule has 0 spiro atoms. The van der Waals surface area contributed by atoms with Crippen LogP contribution in [0.4, 0.5) is 0 Å². The maximum absolute atomic E-state index is 11.4. The molecule has 1 aromatic carbocycles. The van der Waals surface area contributed by atoms with Gasteiger partial charge in [-0.2, -0.15) is 5.26 Å². The minimum Gasteiger partial charge on any atom is -0.489 e. The quantitative estimate of drug-likeness (QED) is 0.859. The molecule has 108 valence electrons. The van der Waals surface area contributed by atoms with Crippen LogP contribution in [-0.4, -0.2) is 20.8 Å². The molecule has 3 unspecified atom stereocenters. The Bertz CT molecular complexity index is 601. The second-order valence-corrected chi connectivity index (χ2v) is 7.57. The van der Waals surface area contributed by atoms with Gasteiger partial charge in [0, 0.05) is 6.26 Å². The monoisotopic (exact) mass is 293 g/mol. The predicted octanol–water partition coefficient (Wildman–Crippen LogP) is 2.80. The molecule has 1 aliphatic rings. The molecule has 3 atom stereocenters. The lowest BCUT2D eigenvalue weighted by atomic mass is 9.81. The summed E-state index contributed by atoms with van der Waals surface area (Å²) >= 11 is 0. The van der Waals surface area contributed by atoms with Gasteiger partial charge < -0.3 is 4.74 Å². The zero-order valence-corrected chi connectivity index (χ0v) is 12.6. The summed E-state index contributed by atoms with van der Waals surface area (Å²) in [5.41, 5.74) is 0. The Balaban J connectivity index is 2.11. The Labute approximate surface area is 120 Å². The summed E-state index contributed by atoms with van der Waals surface area (Å²) in [7, 11) is -3.18. The van der Waals surface area contributed by atoms with Crippen LogP contribution < -0.4 is 4.74 Å². The van der Waals surface area contributed by atoms with E-state index in [0.29, 0.717) is 11.7 Å². The third kappa shape index (κ3) is 3.51. The van der Waals surface area contributed by atoms with E-state index >= 15 is 0 Å². The van der Waals surface area contributed by atoms with Gasteiger partial charge in [0.1, 0.15) is 11.9 Å². The molecule has 1 aromatic rings. The number of hydrogen-bond acceptors (Lipinski definition) is 4. The molecule has 0 saturated heterocycles. The first kappa shape index (κ1) is 14.9. The van der Waals surface area contributed by atoms with Gasteiger partial charge in [-0.3, -0.25) is 0 Å². The summed E-state index contributed by atoms with van der Waals surface area (Å²) in [6.07, 6.45) is 3.87. The molecule has 0 bridgehead atoms. The first-order chi connectivity index (χ1) is 9.40. The maximum atomic E-state index is 11.4. The molecule has 5 heteroatoms. The summed E-state index contributed by atoms with van der Waals surface area (Å²) in [6, 6.07) is 8.70. The smallest absolute Gasteiger partial charge is 0.175 e. The molecule has 1 aliphatic carbocycles. The van der Waals surface area contributed by atoms with Crippen LogP contribution in [0.25, 0.3) is 0 Å². The lowest BCUT2D eigenvalue weighted by Crippen LogP contribution is -2.32. The zero-order valence-electron chi connectivity index (χ0n) is 11.7. The Morgan fingerprint density at radius 1 is 1.25 bits per heavy atom. The van der Waals surface area contributed by atoms with E-state index in [1.807, 2.05) is 0 Å². The number of nitriles is 1. The van der Waals surface area contributed by atoms with Gasteiger partial charge in [0.15, 0.2) is 9.84 Å². The van der Waals surface area contributed by atoms with Crippen molar-refractivity contribution in [3.63, 3.8) is 0 Å². The van der Waals surface area contributed by atoms with E-state index in [9.17, 15) is 8.42 Å². The van der Waals surface area contributed by atoms with Crippen molar-refractivity contribution in [2.24, 2.45) is 11.8 Å². The highest BCUT2D eigenvalue weighted by molar-refractivity contribution is 7.90. The van der Waals surface area contributed by atoms with Crippen molar-refractivity contribution >= 4 is 9.84 Å². The number of ether oxygens (including phenoxy) is 1. The van der Waals surface area contributed by atoms with Crippen LogP contribution in [0.15, 0.2) is 29.2 Å². The van der Waals surface area contributed by atoms with Crippen LogP contribution in [0, 0.1) is 23.2 Å². The van der Waals surface area contributed by atoms with Gasteiger partial charge in [-0.05, 0) is 49.4 Å². The van der Waals surface area contributed by atoms with Crippen LogP contribution in [0.2, 0.25) is 0 Å². The molecular weight excluding hydrogens is 274 g/mol. The average molecular weight is 293 g/mol. The molecule has 2 rings (SSSR count). The predicted molar refractivity (Wildman–Crippen MR) is 76.1 cm³/mol. The van der Waals surface area contributed by atoms with Gasteiger partial charge in [-0.1, -0.05) is 6.92 Å². The Morgan fingerprint density at radius 3 is 2.45 bits per heavy atom. The van der Waals surface area contributed by atoms with Gasteiger partial charge in [0.05, 0.1) is 16.9 Å². The van der Waals surface area contributed by atoms with E-state index in [-0.39, 0.29) is 16.9 Å². The maximum Gasteiger partial charge on any atom is 0.175 e. The Kier molecular flexibility index (Phi) is 4.34. The normalized spacial score (nSPS) is 26.8. The summed E-state index contributed by atoms with van der Waals surface area (Å²) in [6.45, 7) is 2.16. The van der Waals surface area contributed by atoms with E-state index in [4.69, 9.17) is 10.00 Å². The number of benzene rings is 1. The van der Waals surface area contributed by atoms with E-state index < -0.39 is 9.84 Å². The van der Waals surface area contributed by atoms with Gasteiger partial charge in [-0.25, -0.2) is 8.42 Å². The lowest BCUT2D eigenvalue weighted by Gasteiger charge is -2.31. The third-order valence-corrected chi connectivity index (χ3v) is 4.89. The number of rotatable bonds is 3. The van der Waals surface area contributed by atoms with Crippen LogP contribution in [0.3, 0.4) is 0 Å².